The molecule has 1 atom stereocenters. The summed E-state index contributed by atoms with van der Waals surface area (Å²) in [5, 5.41) is 10.8. The molecule has 1 aliphatic rings. The molecule has 166 valence electrons. The summed E-state index contributed by atoms with van der Waals surface area (Å²) in [6, 6.07) is 22.9. The molecular weight excluding hydrogens is 416 g/mol. The van der Waals surface area contributed by atoms with Crippen LogP contribution < -0.4 is 0 Å². The van der Waals surface area contributed by atoms with E-state index in [0.29, 0.717) is 0 Å². The number of nitrogens with zero attached hydrogens (tertiary/aromatic N) is 1. The predicted octanol–water partition coefficient (Wildman–Crippen LogP) is 5.04. The summed E-state index contributed by atoms with van der Waals surface area (Å²) in [4.78, 5) is 29.3. The summed E-state index contributed by atoms with van der Waals surface area (Å²) in [6.07, 6.45) is 1.33. The number of hydrogen-bond acceptors (Lipinski definition) is 3. The second-order valence-corrected chi connectivity index (χ2v) is 8.33. The summed E-state index contributed by atoms with van der Waals surface area (Å²) in [7, 11) is 1.48. The Balaban J connectivity index is 1.32. The number of aromatic amines is 1. The van der Waals surface area contributed by atoms with Gasteiger partial charge in [0.2, 0.25) is 0 Å². The van der Waals surface area contributed by atoms with E-state index in [2.05, 4.69) is 29.2 Å². The number of likely N-dealkylation sites (N-methyl/N-ethyl adjacent to an activating group) is 1. The summed E-state index contributed by atoms with van der Waals surface area (Å²) in [6.45, 7) is 0.149. The van der Waals surface area contributed by atoms with Crippen molar-refractivity contribution in [1.82, 2.24) is 9.88 Å². The number of fused-ring (bicyclic) bond motifs is 4. The SMILES string of the molecule is CN(C(=O)OCC1c2ccccc2-c2ccccc21)[C@H](Cc1c[nH]c2ccccc12)C(=O)O. The summed E-state index contributed by atoms with van der Waals surface area (Å²) in [5.74, 6) is -1.15. The van der Waals surface area contributed by atoms with E-state index >= 15 is 0 Å². The van der Waals surface area contributed by atoms with Gasteiger partial charge >= 0.3 is 12.1 Å². The Morgan fingerprint density at radius 1 is 0.970 bits per heavy atom. The van der Waals surface area contributed by atoms with Crippen molar-refractivity contribution >= 4 is 23.0 Å². The number of H-pyrrole nitrogens is 1. The minimum absolute atomic E-state index is 0.0772. The van der Waals surface area contributed by atoms with Gasteiger partial charge in [-0.05, 0) is 33.9 Å². The van der Waals surface area contributed by atoms with Crippen LogP contribution in [0.15, 0.2) is 79.0 Å². The first-order valence-corrected chi connectivity index (χ1v) is 10.9. The van der Waals surface area contributed by atoms with Gasteiger partial charge in [0.25, 0.3) is 0 Å². The van der Waals surface area contributed by atoms with Gasteiger partial charge in [0.15, 0.2) is 0 Å². The number of rotatable bonds is 6. The van der Waals surface area contributed by atoms with Crippen LogP contribution in [0, 0.1) is 0 Å². The maximum absolute atomic E-state index is 12.9. The predicted molar refractivity (Wildman–Crippen MR) is 126 cm³/mol. The average molecular weight is 440 g/mol. The van der Waals surface area contributed by atoms with Gasteiger partial charge in [0, 0.05) is 36.5 Å². The van der Waals surface area contributed by atoms with E-state index in [1.165, 1.54) is 11.9 Å². The summed E-state index contributed by atoms with van der Waals surface area (Å²) >= 11 is 0. The highest BCUT2D eigenvalue weighted by Gasteiger charge is 2.32. The fourth-order valence-corrected chi connectivity index (χ4v) is 4.72. The number of benzene rings is 3. The van der Waals surface area contributed by atoms with Crippen LogP contribution in [0.3, 0.4) is 0 Å². The molecule has 6 heteroatoms. The minimum Gasteiger partial charge on any atom is -0.480 e. The van der Waals surface area contributed by atoms with E-state index in [-0.39, 0.29) is 18.9 Å². The van der Waals surface area contributed by atoms with Crippen molar-refractivity contribution in [3.05, 3.63) is 95.7 Å². The summed E-state index contributed by atoms with van der Waals surface area (Å²) < 4.78 is 5.66. The van der Waals surface area contributed by atoms with Gasteiger partial charge in [-0.1, -0.05) is 66.7 Å². The van der Waals surface area contributed by atoms with Crippen molar-refractivity contribution in [1.29, 1.82) is 0 Å². The van der Waals surface area contributed by atoms with E-state index in [4.69, 9.17) is 4.74 Å². The van der Waals surface area contributed by atoms with Crippen molar-refractivity contribution in [2.45, 2.75) is 18.4 Å². The van der Waals surface area contributed by atoms with Crippen LogP contribution in [0.2, 0.25) is 0 Å². The molecule has 1 heterocycles. The van der Waals surface area contributed by atoms with Gasteiger partial charge in [0.1, 0.15) is 12.6 Å². The molecule has 4 aromatic rings. The van der Waals surface area contributed by atoms with Crippen molar-refractivity contribution in [2.24, 2.45) is 0 Å². The standard InChI is InChI=1S/C27H24N2O4/c1-29(25(26(30)31)14-17-15-28-24-13-7-6-8-18(17)24)27(32)33-16-23-21-11-4-2-9-19(21)20-10-3-5-12-22(20)23/h2-13,15,23,25,28H,14,16H2,1H3,(H,30,31)/t25-/m1/s1. The van der Waals surface area contributed by atoms with Gasteiger partial charge in [-0.2, -0.15) is 0 Å². The molecular formula is C27H24N2O4. The Kier molecular flexibility index (Phi) is 5.34. The first-order valence-electron chi connectivity index (χ1n) is 10.9. The molecule has 0 spiro atoms. The molecule has 1 aliphatic carbocycles. The molecule has 6 nitrogen and oxygen atoms in total. The fraction of sp³-hybridized carbons (Fsp3) is 0.185. The molecule has 0 bridgehead atoms. The Labute approximate surface area is 191 Å². The zero-order valence-electron chi connectivity index (χ0n) is 18.2. The van der Waals surface area contributed by atoms with Crippen molar-refractivity contribution in [3.8, 4) is 11.1 Å². The number of carboxylic acids is 1. The van der Waals surface area contributed by atoms with Crippen LogP contribution >= 0.6 is 0 Å². The number of para-hydroxylation sites is 1. The maximum Gasteiger partial charge on any atom is 0.410 e. The van der Waals surface area contributed by atoms with Crippen LogP contribution in [-0.2, 0) is 16.0 Å². The Morgan fingerprint density at radius 3 is 2.24 bits per heavy atom. The number of nitrogens with one attached hydrogen (secondary N) is 1. The second-order valence-electron chi connectivity index (χ2n) is 8.33. The van der Waals surface area contributed by atoms with Crippen molar-refractivity contribution in [3.63, 3.8) is 0 Å². The lowest BCUT2D eigenvalue weighted by Crippen LogP contribution is -2.44. The van der Waals surface area contributed by atoms with Crippen molar-refractivity contribution < 1.29 is 19.4 Å². The number of carbonyl (C=O) groups excluding carboxylic acids is 1. The third kappa shape index (κ3) is 3.74. The first kappa shape index (κ1) is 20.8. The number of ether oxygens (including phenoxy) is 1. The molecule has 0 fully saturated rings. The Bertz CT molecular complexity index is 1300. The second kappa shape index (κ2) is 8.47. The molecule has 5 rings (SSSR count). The van der Waals surface area contributed by atoms with Crippen LogP contribution in [0.1, 0.15) is 22.6 Å². The zero-order chi connectivity index (χ0) is 22.9. The molecule has 2 N–H and O–H groups in total. The molecule has 0 saturated carbocycles. The van der Waals surface area contributed by atoms with Crippen LogP contribution in [0.5, 0.6) is 0 Å². The molecule has 0 saturated heterocycles. The van der Waals surface area contributed by atoms with Gasteiger partial charge in [-0.25, -0.2) is 9.59 Å². The summed E-state index contributed by atoms with van der Waals surface area (Å²) in [5.41, 5.74) is 6.29. The Morgan fingerprint density at radius 2 is 1.58 bits per heavy atom. The first-order chi connectivity index (χ1) is 16.0. The lowest BCUT2D eigenvalue weighted by atomic mass is 9.98. The molecule has 0 unspecified atom stereocenters. The van der Waals surface area contributed by atoms with E-state index in [1.807, 2.05) is 48.5 Å². The third-order valence-electron chi connectivity index (χ3n) is 6.46. The van der Waals surface area contributed by atoms with Gasteiger partial charge in [-0.3, -0.25) is 4.90 Å². The molecule has 0 radical (unpaired) electrons. The smallest absolute Gasteiger partial charge is 0.410 e. The number of aromatic nitrogens is 1. The van der Waals surface area contributed by atoms with Gasteiger partial charge < -0.3 is 14.8 Å². The molecule has 3 aromatic carbocycles. The van der Waals surface area contributed by atoms with Crippen molar-refractivity contribution in [2.75, 3.05) is 13.7 Å². The number of hydrogen-bond donors (Lipinski definition) is 2. The fourth-order valence-electron chi connectivity index (χ4n) is 4.72. The highest BCUT2D eigenvalue weighted by atomic mass is 16.6. The number of amides is 1. The normalized spacial score (nSPS) is 13.4. The lowest BCUT2D eigenvalue weighted by Gasteiger charge is -2.25. The third-order valence-corrected chi connectivity index (χ3v) is 6.46. The minimum atomic E-state index is -1.07. The molecule has 0 aliphatic heterocycles. The average Bonchev–Trinajstić information content (AvgIpc) is 3.39. The zero-order valence-corrected chi connectivity index (χ0v) is 18.2. The molecule has 33 heavy (non-hydrogen) atoms. The van der Waals surface area contributed by atoms with Gasteiger partial charge in [-0.15, -0.1) is 0 Å². The largest absolute Gasteiger partial charge is 0.480 e. The number of carboxylic acid groups (broad SMARTS) is 1. The van der Waals surface area contributed by atoms with Gasteiger partial charge in [0.05, 0.1) is 0 Å². The highest BCUT2D eigenvalue weighted by molar-refractivity contribution is 5.85. The maximum atomic E-state index is 12.9. The molecule has 1 amide bonds. The van der Waals surface area contributed by atoms with Crippen LogP contribution in [-0.4, -0.2) is 46.7 Å². The quantitative estimate of drug-likeness (QED) is 0.440. The topological polar surface area (TPSA) is 82.6 Å². The molecule has 1 aromatic heterocycles. The van der Waals surface area contributed by atoms with E-state index < -0.39 is 18.1 Å². The van der Waals surface area contributed by atoms with E-state index in [0.717, 1.165) is 38.7 Å². The van der Waals surface area contributed by atoms with E-state index in [1.54, 1.807) is 6.20 Å². The monoisotopic (exact) mass is 440 g/mol. The van der Waals surface area contributed by atoms with E-state index in [9.17, 15) is 14.7 Å². The number of aliphatic carboxylic acids is 1. The van der Waals surface area contributed by atoms with Crippen LogP contribution in [0.25, 0.3) is 22.0 Å². The highest BCUT2D eigenvalue weighted by Crippen LogP contribution is 2.44. The Hall–Kier alpha value is -4.06. The number of carbonyl (C=O) groups is 2. The van der Waals surface area contributed by atoms with Crippen LogP contribution in [0.4, 0.5) is 4.79 Å². The lowest BCUT2D eigenvalue weighted by molar-refractivity contribution is -0.142.